The van der Waals surface area contributed by atoms with E-state index in [1.165, 1.54) is 0 Å². The predicted octanol–water partition coefficient (Wildman–Crippen LogP) is 0.836. The van der Waals surface area contributed by atoms with Crippen LogP contribution < -0.4 is 5.32 Å². The summed E-state index contributed by atoms with van der Waals surface area (Å²) in [7, 11) is 0. The summed E-state index contributed by atoms with van der Waals surface area (Å²) in [4.78, 5) is 15.7. The van der Waals surface area contributed by atoms with Crippen molar-refractivity contribution in [2.24, 2.45) is 0 Å². The van der Waals surface area contributed by atoms with E-state index in [4.69, 9.17) is 14.0 Å². The van der Waals surface area contributed by atoms with Gasteiger partial charge < -0.3 is 19.3 Å². The zero-order chi connectivity index (χ0) is 14.0. The zero-order valence-corrected chi connectivity index (χ0v) is 11.6. The second kappa shape index (κ2) is 5.49. The van der Waals surface area contributed by atoms with E-state index >= 15 is 0 Å². The summed E-state index contributed by atoms with van der Waals surface area (Å²) in [6, 6.07) is 0. The standard InChI is InChI=1S/C13H19N3O4/c1-9-15-11(16-20-9)12(17)14-8-10-2-3-13(19-10)4-6-18-7-5-13/h10H,2-8H2,1H3,(H,14,17). The number of nitrogens with one attached hydrogen (secondary N) is 1. The Morgan fingerprint density at radius 3 is 2.90 bits per heavy atom. The van der Waals surface area contributed by atoms with Crippen molar-refractivity contribution in [1.82, 2.24) is 15.5 Å². The highest BCUT2D eigenvalue weighted by molar-refractivity contribution is 5.90. The van der Waals surface area contributed by atoms with Gasteiger partial charge in [-0.15, -0.1) is 0 Å². The van der Waals surface area contributed by atoms with Crippen molar-refractivity contribution in [2.75, 3.05) is 19.8 Å². The Balaban J connectivity index is 1.49. The molecule has 1 aromatic heterocycles. The Hall–Kier alpha value is -1.47. The van der Waals surface area contributed by atoms with Gasteiger partial charge in [-0.1, -0.05) is 5.16 Å². The molecule has 1 atom stereocenters. The first-order chi connectivity index (χ1) is 9.67. The molecule has 2 fully saturated rings. The maximum Gasteiger partial charge on any atom is 0.292 e. The first kappa shape index (κ1) is 13.5. The second-order valence-electron chi connectivity index (χ2n) is 5.42. The minimum atomic E-state index is -0.321. The third-order valence-corrected chi connectivity index (χ3v) is 3.96. The molecule has 0 aromatic carbocycles. The first-order valence-electron chi connectivity index (χ1n) is 7.01. The molecule has 2 aliphatic rings. The van der Waals surface area contributed by atoms with Gasteiger partial charge in [0.05, 0.1) is 11.7 Å². The quantitative estimate of drug-likeness (QED) is 0.883. The Kier molecular flexibility index (Phi) is 3.71. The van der Waals surface area contributed by atoms with Crippen LogP contribution in [0.3, 0.4) is 0 Å². The summed E-state index contributed by atoms with van der Waals surface area (Å²) >= 11 is 0. The number of aryl methyl sites for hydroxylation is 1. The molecule has 3 heterocycles. The molecule has 20 heavy (non-hydrogen) atoms. The number of carbonyl (C=O) groups excluding carboxylic acids is 1. The van der Waals surface area contributed by atoms with Crippen LogP contribution in [0, 0.1) is 6.92 Å². The van der Waals surface area contributed by atoms with Gasteiger partial charge in [0.1, 0.15) is 0 Å². The van der Waals surface area contributed by atoms with Gasteiger partial charge in [-0.25, -0.2) is 0 Å². The van der Waals surface area contributed by atoms with Crippen LogP contribution >= 0.6 is 0 Å². The number of nitrogens with zero attached hydrogens (tertiary/aromatic N) is 2. The molecular formula is C13H19N3O4. The van der Waals surface area contributed by atoms with E-state index in [0.717, 1.165) is 38.9 Å². The Bertz CT molecular complexity index is 482. The van der Waals surface area contributed by atoms with Gasteiger partial charge in [0.2, 0.25) is 5.89 Å². The fourth-order valence-corrected chi connectivity index (χ4v) is 2.83. The number of ether oxygens (including phenoxy) is 2. The lowest BCUT2D eigenvalue weighted by molar-refractivity contribution is -0.102. The highest BCUT2D eigenvalue weighted by atomic mass is 16.5. The molecule has 2 saturated heterocycles. The first-order valence-corrected chi connectivity index (χ1v) is 7.01. The lowest BCUT2D eigenvalue weighted by atomic mass is 9.91. The van der Waals surface area contributed by atoms with Crippen LogP contribution in [0.2, 0.25) is 0 Å². The molecule has 0 bridgehead atoms. The molecule has 1 unspecified atom stereocenters. The van der Waals surface area contributed by atoms with Gasteiger partial charge in [-0.2, -0.15) is 4.98 Å². The van der Waals surface area contributed by atoms with Gasteiger partial charge in [0.15, 0.2) is 0 Å². The number of rotatable bonds is 3. The van der Waals surface area contributed by atoms with Crippen LogP contribution in [-0.4, -0.2) is 47.5 Å². The largest absolute Gasteiger partial charge is 0.381 e. The van der Waals surface area contributed by atoms with Crippen molar-refractivity contribution < 1.29 is 18.8 Å². The lowest BCUT2D eigenvalue weighted by Gasteiger charge is -2.33. The molecule has 1 spiro atoms. The Morgan fingerprint density at radius 2 is 2.20 bits per heavy atom. The smallest absolute Gasteiger partial charge is 0.292 e. The molecule has 2 aliphatic heterocycles. The van der Waals surface area contributed by atoms with Crippen molar-refractivity contribution in [3.05, 3.63) is 11.7 Å². The van der Waals surface area contributed by atoms with E-state index in [9.17, 15) is 4.79 Å². The number of hydrogen-bond donors (Lipinski definition) is 1. The summed E-state index contributed by atoms with van der Waals surface area (Å²) in [5.74, 6) is 0.132. The fraction of sp³-hybridized carbons (Fsp3) is 0.769. The number of hydrogen-bond acceptors (Lipinski definition) is 6. The average molecular weight is 281 g/mol. The molecular weight excluding hydrogens is 262 g/mol. The third-order valence-electron chi connectivity index (χ3n) is 3.96. The summed E-state index contributed by atoms with van der Waals surface area (Å²) in [6.45, 7) is 3.66. The van der Waals surface area contributed by atoms with E-state index in [-0.39, 0.29) is 23.4 Å². The number of aromatic nitrogens is 2. The maximum atomic E-state index is 11.8. The maximum absolute atomic E-state index is 11.8. The van der Waals surface area contributed by atoms with E-state index in [2.05, 4.69) is 15.5 Å². The monoisotopic (exact) mass is 281 g/mol. The minimum absolute atomic E-state index is 0.0314. The SMILES string of the molecule is Cc1nc(C(=O)NCC2CCC3(CCOCC3)O2)no1. The Morgan fingerprint density at radius 1 is 1.40 bits per heavy atom. The van der Waals surface area contributed by atoms with E-state index < -0.39 is 0 Å². The highest BCUT2D eigenvalue weighted by Crippen LogP contribution is 2.37. The third kappa shape index (κ3) is 2.83. The van der Waals surface area contributed by atoms with Crippen molar-refractivity contribution in [1.29, 1.82) is 0 Å². The van der Waals surface area contributed by atoms with Crippen molar-refractivity contribution in [3.63, 3.8) is 0 Å². The summed E-state index contributed by atoms with van der Waals surface area (Å²) in [5, 5.41) is 6.38. The van der Waals surface area contributed by atoms with E-state index in [1.807, 2.05) is 0 Å². The van der Waals surface area contributed by atoms with Crippen LogP contribution in [0.4, 0.5) is 0 Å². The fourth-order valence-electron chi connectivity index (χ4n) is 2.83. The zero-order valence-electron chi connectivity index (χ0n) is 11.6. The van der Waals surface area contributed by atoms with Crippen LogP contribution in [-0.2, 0) is 9.47 Å². The summed E-state index contributed by atoms with van der Waals surface area (Å²) in [6.07, 6.45) is 3.96. The molecule has 3 rings (SSSR count). The van der Waals surface area contributed by atoms with Crippen LogP contribution in [0.5, 0.6) is 0 Å². The molecule has 0 aliphatic carbocycles. The molecule has 110 valence electrons. The molecule has 1 N–H and O–H groups in total. The van der Waals surface area contributed by atoms with E-state index in [1.54, 1.807) is 6.92 Å². The summed E-state index contributed by atoms with van der Waals surface area (Å²) in [5.41, 5.74) is -0.0314. The van der Waals surface area contributed by atoms with Gasteiger partial charge in [-0.3, -0.25) is 4.79 Å². The number of amides is 1. The molecule has 7 nitrogen and oxygen atoms in total. The minimum Gasteiger partial charge on any atom is -0.381 e. The highest BCUT2D eigenvalue weighted by Gasteiger charge is 2.41. The second-order valence-corrected chi connectivity index (χ2v) is 5.42. The summed E-state index contributed by atoms with van der Waals surface area (Å²) < 4.78 is 16.3. The van der Waals surface area contributed by atoms with Crippen molar-refractivity contribution >= 4 is 5.91 Å². The van der Waals surface area contributed by atoms with Crippen LogP contribution in [0.25, 0.3) is 0 Å². The molecule has 0 radical (unpaired) electrons. The topological polar surface area (TPSA) is 86.5 Å². The van der Waals surface area contributed by atoms with Crippen molar-refractivity contribution in [2.45, 2.75) is 44.3 Å². The molecule has 0 saturated carbocycles. The van der Waals surface area contributed by atoms with Gasteiger partial charge in [-0.05, 0) is 25.7 Å². The average Bonchev–Trinajstić information content (AvgIpc) is 3.05. The van der Waals surface area contributed by atoms with Crippen LogP contribution in [0.1, 0.15) is 42.2 Å². The van der Waals surface area contributed by atoms with Gasteiger partial charge >= 0.3 is 0 Å². The Labute approximate surface area is 117 Å². The van der Waals surface area contributed by atoms with E-state index in [0.29, 0.717) is 12.4 Å². The predicted molar refractivity (Wildman–Crippen MR) is 68.3 cm³/mol. The van der Waals surface area contributed by atoms with Gasteiger partial charge in [0, 0.05) is 26.7 Å². The van der Waals surface area contributed by atoms with Crippen LogP contribution in [0.15, 0.2) is 4.52 Å². The molecule has 1 amide bonds. The lowest BCUT2D eigenvalue weighted by Crippen LogP contribution is -2.39. The normalized spacial score (nSPS) is 24.9. The number of carbonyl (C=O) groups is 1. The van der Waals surface area contributed by atoms with Gasteiger partial charge in [0.25, 0.3) is 11.7 Å². The molecule has 7 heteroatoms. The molecule has 1 aromatic rings. The van der Waals surface area contributed by atoms with Crippen molar-refractivity contribution in [3.8, 4) is 0 Å².